The molecule has 0 unspecified atom stereocenters. The van der Waals surface area contributed by atoms with E-state index in [0.717, 1.165) is 12.8 Å². The van der Waals surface area contributed by atoms with E-state index >= 15 is 0 Å². The molecule has 16 heavy (non-hydrogen) atoms. The molecule has 0 heterocycles. The van der Waals surface area contributed by atoms with Gasteiger partial charge in [-0.15, -0.1) is 0 Å². The number of aliphatic hydroxyl groups is 1. The Kier molecular flexibility index (Phi) is 6.37. The summed E-state index contributed by atoms with van der Waals surface area (Å²) in [6, 6.07) is 0.477. The molecule has 0 aromatic heterocycles. The quantitative estimate of drug-likeness (QED) is 0.563. The molecule has 3 N–H and O–H groups in total. The first-order valence-electron chi connectivity index (χ1n) is 5.95. The third-order valence-corrected chi connectivity index (χ3v) is 2.96. The highest BCUT2D eigenvalue weighted by molar-refractivity contribution is 5.75. The molecule has 1 aliphatic rings. The van der Waals surface area contributed by atoms with Crippen molar-refractivity contribution in [1.29, 1.82) is 0 Å². The Labute approximate surface area is 96.6 Å². The summed E-state index contributed by atoms with van der Waals surface area (Å²) >= 11 is 0. The highest BCUT2D eigenvalue weighted by Crippen LogP contribution is 2.22. The van der Waals surface area contributed by atoms with Crippen LogP contribution < -0.4 is 5.73 Å². The molecule has 1 amide bonds. The maximum Gasteiger partial charge on any atom is 0.231 e. The number of carbonyl (C=O) groups is 1. The van der Waals surface area contributed by atoms with Gasteiger partial charge in [0.15, 0.2) is 0 Å². The average molecular weight is 230 g/mol. The van der Waals surface area contributed by atoms with E-state index in [0.29, 0.717) is 32.3 Å². The van der Waals surface area contributed by atoms with Crippen LogP contribution in [0.5, 0.6) is 0 Å². The topological polar surface area (TPSA) is 75.8 Å². The molecule has 0 aromatic rings. The van der Waals surface area contributed by atoms with Crippen LogP contribution in [0.25, 0.3) is 0 Å². The lowest BCUT2D eigenvalue weighted by atomic mass is 10.2. The number of hydrogen-bond acceptors (Lipinski definition) is 4. The first-order valence-corrected chi connectivity index (χ1v) is 5.95. The molecule has 1 fully saturated rings. The van der Waals surface area contributed by atoms with Crippen molar-refractivity contribution in [2.45, 2.75) is 31.7 Å². The Morgan fingerprint density at radius 1 is 1.38 bits per heavy atom. The van der Waals surface area contributed by atoms with Gasteiger partial charge in [-0.25, -0.2) is 0 Å². The second kappa shape index (κ2) is 7.60. The fourth-order valence-electron chi connectivity index (χ4n) is 2.21. The van der Waals surface area contributed by atoms with Crippen molar-refractivity contribution in [3.8, 4) is 0 Å². The van der Waals surface area contributed by atoms with Crippen molar-refractivity contribution in [2.75, 3.05) is 32.9 Å². The molecule has 0 bridgehead atoms. The molecule has 0 radical (unpaired) electrons. The normalized spacial score (nSPS) is 17.1. The van der Waals surface area contributed by atoms with Crippen LogP contribution in [0, 0.1) is 0 Å². The monoisotopic (exact) mass is 230 g/mol. The van der Waals surface area contributed by atoms with Gasteiger partial charge in [-0.2, -0.15) is 0 Å². The van der Waals surface area contributed by atoms with Crippen LogP contribution in [0.3, 0.4) is 0 Å². The van der Waals surface area contributed by atoms with Gasteiger partial charge in [0.25, 0.3) is 0 Å². The minimum atomic E-state index is -0.283. The summed E-state index contributed by atoms with van der Waals surface area (Å²) in [6.45, 7) is 1.97. The van der Waals surface area contributed by atoms with Gasteiger partial charge in [0, 0.05) is 12.6 Å². The van der Waals surface area contributed by atoms with Gasteiger partial charge in [-0.05, 0) is 12.8 Å². The van der Waals surface area contributed by atoms with Gasteiger partial charge in [0.1, 0.15) is 0 Å². The molecule has 94 valence electrons. The molecule has 5 nitrogen and oxygen atoms in total. The fourth-order valence-corrected chi connectivity index (χ4v) is 2.21. The number of rotatable bonds is 8. The number of nitrogens with two attached hydrogens (primary N) is 1. The van der Waals surface area contributed by atoms with Gasteiger partial charge >= 0.3 is 0 Å². The van der Waals surface area contributed by atoms with Gasteiger partial charge in [0.05, 0.1) is 26.4 Å². The highest BCUT2D eigenvalue weighted by atomic mass is 16.5. The number of primary amides is 1. The summed E-state index contributed by atoms with van der Waals surface area (Å²) in [5.74, 6) is -0.283. The third-order valence-electron chi connectivity index (χ3n) is 2.96. The number of carbonyl (C=O) groups excluding carboxylic acids is 1. The molecular formula is C11H22N2O3. The van der Waals surface area contributed by atoms with Gasteiger partial charge in [-0.3, -0.25) is 9.69 Å². The summed E-state index contributed by atoms with van der Waals surface area (Å²) in [5.41, 5.74) is 5.23. The Bertz CT molecular complexity index is 205. The van der Waals surface area contributed by atoms with Crippen molar-refractivity contribution >= 4 is 5.91 Å². The standard InChI is InChI=1S/C11H22N2O3/c12-11(15)9-13(5-7-16-8-6-14)10-3-1-2-4-10/h10,14H,1-9H2,(H2,12,15). The second-order valence-corrected chi connectivity index (χ2v) is 4.21. The summed E-state index contributed by atoms with van der Waals surface area (Å²) in [6.07, 6.45) is 4.76. The lowest BCUT2D eigenvalue weighted by molar-refractivity contribution is -0.119. The summed E-state index contributed by atoms with van der Waals surface area (Å²) < 4.78 is 5.21. The minimum Gasteiger partial charge on any atom is -0.394 e. The lowest BCUT2D eigenvalue weighted by Gasteiger charge is -2.27. The van der Waals surface area contributed by atoms with E-state index in [1.807, 2.05) is 0 Å². The summed E-state index contributed by atoms with van der Waals surface area (Å²) in [5, 5.41) is 8.58. The molecular weight excluding hydrogens is 208 g/mol. The Morgan fingerprint density at radius 3 is 2.62 bits per heavy atom. The molecule has 5 heteroatoms. The Hall–Kier alpha value is -0.650. The van der Waals surface area contributed by atoms with E-state index in [2.05, 4.69) is 4.90 Å². The molecule has 0 spiro atoms. The molecule has 0 aliphatic heterocycles. The van der Waals surface area contributed by atoms with Crippen molar-refractivity contribution in [1.82, 2.24) is 4.90 Å². The summed E-state index contributed by atoms with van der Waals surface area (Å²) in [4.78, 5) is 13.1. The van der Waals surface area contributed by atoms with Crippen LogP contribution in [-0.2, 0) is 9.53 Å². The van der Waals surface area contributed by atoms with Crippen LogP contribution in [0.1, 0.15) is 25.7 Å². The van der Waals surface area contributed by atoms with Gasteiger partial charge in [-0.1, -0.05) is 12.8 Å². The number of ether oxygens (including phenoxy) is 1. The van der Waals surface area contributed by atoms with E-state index in [-0.39, 0.29) is 12.5 Å². The average Bonchev–Trinajstić information content (AvgIpc) is 2.75. The number of hydrogen-bond donors (Lipinski definition) is 2. The third kappa shape index (κ3) is 4.92. The van der Waals surface area contributed by atoms with E-state index < -0.39 is 0 Å². The van der Waals surface area contributed by atoms with Crippen molar-refractivity contribution in [3.63, 3.8) is 0 Å². The predicted molar refractivity (Wildman–Crippen MR) is 60.9 cm³/mol. The van der Waals surface area contributed by atoms with Crippen molar-refractivity contribution in [2.24, 2.45) is 5.73 Å². The van der Waals surface area contributed by atoms with Crippen LogP contribution in [-0.4, -0.2) is 54.9 Å². The predicted octanol–water partition coefficient (Wildman–Crippen LogP) is -0.275. The minimum absolute atomic E-state index is 0.0409. The molecule has 1 saturated carbocycles. The molecule has 0 atom stereocenters. The first-order chi connectivity index (χ1) is 7.74. The largest absolute Gasteiger partial charge is 0.394 e. The number of nitrogens with zero attached hydrogens (tertiary/aromatic N) is 1. The lowest BCUT2D eigenvalue weighted by Crippen LogP contribution is -2.42. The van der Waals surface area contributed by atoms with Gasteiger partial charge in [0.2, 0.25) is 5.91 Å². The smallest absolute Gasteiger partial charge is 0.231 e. The molecule has 1 aliphatic carbocycles. The zero-order chi connectivity index (χ0) is 11.8. The zero-order valence-electron chi connectivity index (χ0n) is 9.73. The van der Waals surface area contributed by atoms with Crippen LogP contribution in [0.15, 0.2) is 0 Å². The van der Waals surface area contributed by atoms with Crippen molar-refractivity contribution < 1.29 is 14.6 Å². The SMILES string of the molecule is NC(=O)CN(CCOCCO)C1CCCC1. The fraction of sp³-hybridized carbons (Fsp3) is 0.909. The van der Waals surface area contributed by atoms with Crippen molar-refractivity contribution in [3.05, 3.63) is 0 Å². The van der Waals surface area contributed by atoms with E-state index in [9.17, 15) is 4.79 Å². The molecule has 0 aromatic carbocycles. The van der Waals surface area contributed by atoms with Crippen LogP contribution in [0.4, 0.5) is 0 Å². The van der Waals surface area contributed by atoms with E-state index in [4.69, 9.17) is 15.6 Å². The first kappa shape index (κ1) is 13.4. The Morgan fingerprint density at radius 2 is 2.06 bits per heavy atom. The Balaban J connectivity index is 2.28. The van der Waals surface area contributed by atoms with E-state index in [1.165, 1.54) is 12.8 Å². The zero-order valence-corrected chi connectivity index (χ0v) is 9.73. The molecule has 0 saturated heterocycles. The maximum atomic E-state index is 11.0. The van der Waals surface area contributed by atoms with E-state index in [1.54, 1.807) is 0 Å². The highest BCUT2D eigenvalue weighted by Gasteiger charge is 2.23. The van der Waals surface area contributed by atoms with Gasteiger partial charge < -0.3 is 15.6 Å². The van der Waals surface area contributed by atoms with Crippen LogP contribution in [0.2, 0.25) is 0 Å². The maximum absolute atomic E-state index is 11.0. The molecule has 1 rings (SSSR count). The number of aliphatic hydroxyl groups excluding tert-OH is 1. The second-order valence-electron chi connectivity index (χ2n) is 4.21. The summed E-state index contributed by atoms with van der Waals surface area (Å²) in [7, 11) is 0. The van der Waals surface area contributed by atoms with Crippen LogP contribution >= 0.6 is 0 Å². The number of amides is 1.